The van der Waals surface area contributed by atoms with Crippen LogP contribution in [0.1, 0.15) is 12.8 Å². The Morgan fingerprint density at radius 2 is 1.92 bits per heavy atom. The first kappa shape index (κ1) is 10.5. The predicted molar refractivity (Wildman–Crippen MR) is 46.6 cm³/mol. The van der Waals surface area contributed by atoms with E-state index in [9.17, 15) is 13.2 Å². The Kier molecular flexibility index (Phi) is 3.68. The van der Waals surface area contributed by atoms with E-state index in [4.69, 9.17) is 0 Å². The third kappa shape index (κ3) is 2.67. The highest BCUT2D eigenvalue weighted by atomic mass is 32.2. The van der Waals surface area contributed by atoms with Gasteiger partial charge in [-0.25, -0.2) is 12.7 Å². The van der Waals surface area contributed by atoms with Crippen molar-refractivity contribution in [1.29, 1.82) is 0 Å². The zero-order chi connectivity index (χ0) is 9.84. The smallest absolute Gasteiger partial charge is 0.308 e. The number of nitrogens with zero attached hydrogens (tertiary/aromatic N) is 1. The maximum absolute atomic E-state index is 11.1. The molecule has 1 saturated heterocycles. The lowest BCUT2D eigenvalue weighted by molar-refractivity contribution is -0.146. The van der Waals surface area contributed by atoms with E-state index in [-0.39, 0.29) is 11.9 Å². The average molecular weight is 207 g/mol. The van der Waals surface area contributed by atoms with E-state index in [0.717, 1.165) is 0 Å². The summed E-state index contributed by atoms with van der Waals surface area (Å²) in [6, 6.07) is 0. The number of rotatable bonds is 2. The predicted octanol–water partition coefficient (Wildman–Crippen LogP) is -0.602. The van der Waals surface area contributed by atoms with E-state index in [1.165, 1.54) is 11.4 Å². The topological polar surface area (TPSA) is 63.7 Å². The van der Waals surface area contributed by atoms with Crippen LogP contribution in [-0.2, 0) is 20.4 Å². The van der Waals surface area contributed by atoms with Crippen molar-refractivity contribution in [2.45, 2.75) is 12.8 Å². The van der Waals surface area contributed by atoms with E-state index in [1.54, 1.807) is 0 Å². The third-order valence-electron chi connectivity index (χ3n) is 2.24. The van der Waals surface area contributed by atoms with Crippen LogP contribution in [0.25, 0.3) is 0 Å². The molecule has 0 amide bonds. The molecule has 0 spiro atoms. The van der Waals surface area contributed by atoms with Crippen molar-refractivity contribution < 1.29 is 17.9 Å². The van der Waals surface area contributed by atoms with Crippen LogP contribution in [0.15, 0.2) is 0 Å². The van der Waals surface area contributed by atoms with Gasteiger partial charge in [0, 0.05) is 13.1 Å². The summed E-state index contributed by atoms with van der Waals surface area (Å²) in [4.78, 5) is 11.1. The van der Waals surface area contributed by atoms with Crippen molar-refractivity contribution in [1.82, 2.24) is 4.31 Å². The monoisotopic (exact) mass is 207 g/mol. The summed E-state index contributed by atoms with van der Waals surface area (Å²) >= 11 is 0. The van der Waals surface area contributed by atoms with Gasteiger partial charge in [0.2, 0.25) is 10.9 Å². The van der Waals surface area contributed by atoms with Crippen molar-refractivity contribution in [3.8, 4) is 0 Å². The summed E-state index contributed by atoms with van der Waals surface area (Å²) in [6.45, 7) is 0.858. The summed E-state index contributed by atoms with van der Waals surface area (Å²) in [5.41, 5.74) is 0. The van der Waals surface area contributed by atoms with Gasteiger partial charge >= 0.3 is 5.97 Å². The van der Waals surface area contributed by atoms with Crippen molar-refractivity contribution in [3.63, 3.8) is 0 Å². The van der Waals surface area contributed by atoms with Crippen LogP contribution in [0.5, 0.6) is 0 Å². The Morgan fingerprint density at radius 3 is 2.31 bits per heavy atom. The molecule has 0 unspecified atom stereocenters. The number of carbonyl (C=O) groups excluding carboxylic acids is 1. The lowest BCUT2D eigenvalue weighted by Crippen LogP contribution is -2.35. The summed E-state index contributed by atoms with van der Waals surface area (Å²) in [7, 11) is -1.13. The highest BCUT2D eigenvalue weighted by Gasteiger charge is 2.26. The number of hydrogen-bond acceptors (Lipinski definition) is 4. The molecule has 0 aliphatic carbocycles. The van der Waals surface area contributed by atoms with Crippen LogP contribution >= 0.6 is 0 Å². The Bertz CT molecular complexity index is 247. The van der Waals surface area contributed by atoms with Gasteiger partial charge in [-0.2, -0.15) is 0 Å². The Labute approximate surface area is 78.8 Å². The lowest BCUT2D eigenvalue weighted by Gasteiger charge is -2.25. The fourth-order valence-electron chi connectivity index (χ4n) is 1.43. The van der Waals surface area contributed by atoms with Crippen molar-refractivity contribution in [2.75, 3.05) is 20.2 Å². The van der Waals surface area contributed by atoms with Crippen LogP contribution in [0.2, 0.25) is 0 Å². The van der Waals surface area contributed by atoms with Gasteiger partial charge in [-0.15, -0.1) is 0 Å². The molecule has 1 aliphatic rings. The number of esters is 1. The highest BCUT2D eigenvalue weighted by molar-refractivity contribution is 7.69. The SMILES string of the molecule is COC(=O)C1CCN([SH](=O)=O)CC1. The molecule has 0 bridgehead atoms. The second-order valence-corrected chi connectivity index (χ2v) is 4.03. The third-order valence-corrected chi connectivity index (χ3v) is 3.10. The van der Waals surface area contributed by atoms with Gasteiger partial charge in [0.25, 0.3) is 0 Å². The molecule has 1 fully saturated rings. The maximum Gasteiger partial charge on any atom is 0.308 e. The van der Waals surface area contributed by atoms with Crippen molar-refractivity contribution >= 4 is 16.9 Å². The lowest BCUT2D eigenvalue weighted by atomic mass is 9.99. The quantitative estimate of drug-likeness (QED) is 0.485. The highest BCUT2D eigenvalue weighted by Crippen LogP contribution is 2.17. The van der Waals surface area contributed by atoms with Crippen molar-refractivity contribution in [2.24, 2.45) is 5.92 Å². The number of piperidine rings is 1. The van der Waals surface area contributed by atoms with Crippen LogP contribution in [0.3, 0.4) is 0 Å². The number of carbonyl (C=O) groups is 1. The van der Waals surface area contributed by atoms with Gasteiger partial charge in [0.15, 0.2) is 0 Å². The zero-order valence-electron chi connectivity index (χ0n) is 7.43. The first-order valence-corrected chi connectivity index (χ1v) is 5.25. The summed E-state index contributed by atoms with van der Waals surface area (Å²) in [5.74, 6) is -0.364. The molecular weight excluding hydrogens is 194 g/mol. The van der Waals surface area contributed by atoms with Crippen LogP contribution in [-0.4, -0.2) is 38.9 Å². The van der Waals surface area contributed by atoms with E-state index in [0.29, 0.717) is 25.9 Å². The van der Waals surface area contributed by atoms with Gasteiger partial charge in [-0.1, -0.05) is 0 Å². The molecule has 1 rings (SSSR count). The molecule has 0 saturated carbocycles. The van der Waals surface area contributed by atoms with Gasteiger partial charge < -0.3 is 4.74 Å². The van der Waals surface area contributed by atoms with E-state index >= 15 is 0 Å². The number of ether oxygens (including phenoxy) is 1. The van der Waals surface area contributed by atoms with Crippen LogP contribution in [0, 0.1) is 5.92 Å². The Balaban J connectivity index is 2.43. The average Bonchev–Trinajstić information content (AvgIpc) is 2.17. The minimum absolute atomic E-state index is 0.129. The molecule has 0 atom stereocenters. The molecule has 0 radical (unpaired) electrons. The van der Waals surface area contributed by atoms with Crippen LogP contribution in [0.4, 0.5) is 0 Å². The molecule has 6 heteroatoms. The largest absolute Gasteiger partial charge is 0.469 e. The first-order valence-electron chi connectivity index (χ1n) is 4.12. The molecule has 5 nitrogen and oxygen atoms in total. The van der Waals surface area contributed by atoms with E-state index in [2.05, 4.69) is 4.74 Å². The molecule has 13 heavy (non-hydrogen) atoms. The van der Waals surface area contributed by atoms with Gasteiger partial charge in [-0.05, 0) is 12.8 Å². The van der Waals surface area contributed by atoms with Gasteiger partial charge in [0.05, 0.1) is 13.0 Å². The van der Waals surface area contributed by atoms with E-state index < -0.39 is 10.9 Å². The zero-order valence-corrected chi connectivity index (χ0v) is 8.33. The number of hydrogen-bond donors (Lipinski definition) is 1. The number of methoxy groups -OCH3 is 1. The minimum atomic E-state index is -2.48. The molecule has 76 valence electrons. The standard InChI is InChI=1S/C7H13NO4S/c1-12-7(9)6-2-4-8(5-3-6)13(10)11/h6,13H,2-5H2,1H3. The molecule has 0 aromatic rings. The summed E-state index contributed by atoms with van der Waals surface area (Å²) in [5, 5.41) is 0. The molecule has 0 aromatic heterocycles. The number of thiol groups is 1. The maximum atomic E-state index is 11.1. The molecule has 1 aliphatic heterocycles. The Hall–Kier alpha value is -0.620. The second-order valence-electron chi connectivity index (χ2n) is 2.99. The van der Waals surface area contributed by atoms with E-state index in [1.807, 2.05) is 0 Å². The molecule has 0 aromatic carbocycles. The Morgan fingerprint density at radius 1 is 1.38 bits per heavy atom. The first-order chi connectivity index (χ1) is 6.15. The van der Waals surface area contributed by atoms with Crippen LogP contribution < -0.4 is 0 Å². The summed E-state index contributed by atoms with van der Waals surface area (Å²) < 4.78 is 27.0. The van der Waals surface area contributed by atoms with Crippen molar-refractivity contribution in [3.05, 3.63) is 0 Å². The molecule has 0 N–H and O–H groups in total. The molecular formula is C7H13NO4S. The fourth-order valence-corrected chi connectivity index (χ4v) is 1.99. The second kappa shape index (κ2) is 4.57. The normalized spacial score (nSPS) is 20.5. The fraction of sp³-hybridized carbons (Fsp3) is 0.857. The minimum Gasteiger partial charge on any atom is -0.469 e. The molecule has 1 heterocycles. The van der Waals surface area contributed by atoms with Gasteiger partial charge in [0.1, 0.15) is 0 Å². The summed E-state index contributed by atoms with van der Waals surface area (Å²) in [6.07, 6.45) is 1.13. The van der Waals surface area contributed by atoms with Gasteiger partial charge in [-0.3, -0.25) is 4.79 Å².